The second kappa shape index (κ2) is 11.1. The molecule has 0 spiro atoms. The fraction of sp³-hybridized carbons (Fsp3) is 0.417. The maximum atomic E-state index is 14.3. The van der Waals surface area contributed by atoms with Crippen LogP contribution in [0.5, 0.6) is 0 Å². The zero-order chi connectivity index (χ0) is 32.2. The molecule has 2 aromatic rings. The van der Waals surface area contributed by atoms with Gasteiger partial charge in [-0.3, -0.25) is 4.79 Å². The van der Waals surface area contributed by atoms with Crippen molar-refractivity contribution in [2.75, 3.05) is 19.7 Å². The predicted molar refractivity (Wildman–Crippen MR) is 131 cm³/mol. The van der Waals surface area contributed by atoms with E-state index in [2.05, 4.69) is 14.7 Å². The molecule has 1 saturated heterocycles. The highest BCUT2D eigenvalue weighted by molar-refractivity contribution is 7.84. The molecule has 43 heavy (non-hydrogen) atoms. The Kier molecular flexibility index (Phi) is 8.49. The van der Waals surface area contributed by atoms with Gasteiger partial charge in [0.15, 0.2) is 6.61 Å². The third-order valence-electron chi connectivity index (χ3n) is 6.55. The number of rotatable bonds is 7. The molecule has 0 bridgehead atoms. The Labute approximate surface area is 242 Å². The van der Waals surface area contributed by atoms with Crippen LogP contribution in [-0.2, 0) is 31.1 Å². The van der Waals surface area contributed by atoms with Gasteiger partial charge in [0.25, 0.3) is 11.5 Å². The first-order valence-electron chi connectivity index (χ1n) is 11.9. The van der Waals surface area contributed by atoms with Crippen LogP contribution in [0.4, 0.5) is 39.5 Å². The number of aryl methyl sites for hydroxylation is 1. The van der Waals surface area contributed by atoms with Crippen molar-refractivity contribution in [3.63, 3.8) is 0 Å². The van der Waals surface area contributed by atoms with Gasteiger partial charge in [0, 0.05) is 35.7 Å². The number of hydrogen-bond donors (Lipinski definition) is 1. The lowest BCUT2D eigenvalue weighted by atomic mass is 9.85. The summed E-state index contributed by atoms with van der Waals surface area (Å²) in [4.78, 5) is 17.5. The average molecular weight is 668 g/mol. The first kappa shape index (κ1) is 32.8. The van der Waals surface area contributed by atoms with Gasteiger partial charge < -0.3 is 10.2 Å². The number of nitrogens with zero attached hydrogens (tertiary/aromatic N) is 2. The molecule has 2 aromatic carbocycles. The zero-order valence-electron chi connectivity index (χ0n) is 21.5. The van der Waals surface area contributed by atoms with Crippen LogP contribution in [0, 0.1) is 6.92 Å². The molecular formula is C24H19ClF9N3O5S. The molecule has 1 atom stereocenters. The number of carbonyl (C=O) groups excluding carboxylic acids is 1. The Morgan fingerprint density at radius 1 is 1.09 bits per heavy atom. The Balaban J connectivity index is 1.46. The van der Waals surface area contributed by atoms with Gasteiger partial charge in [-0.15, -0.1) is 0 Å². The van der Waals surface area contributed by atoms with E-state index in [1.807, 2.05) is 0 Å². The maximum absolute atomic E-state index is 14.3. The largest absolute Gasteiger partial charge is 0.435 e. The normalized spacial score (nSPS) is 20.4. The standard InChI is InChI=1S/C24H19ClF9N3O5S/c1-12-4-13(2-3-18(12)20(38)35-17-9-37(10-17)43(39,40)41-11-22(26,27)28)19-8-21(42-36-19,24(32,33)34)14-5-15(23(29,30)31)7-16(25)6-14/h2-7,17H,8-11H2,1H3,(H,35,38)/t21-/m0/s1. The van der Waals surface area contributed by atoms with E-state index >= 15 is 0 Å². The minimum atomic E-state index is -5.22. The molecule has 0 radical (unpaired) electrons. The summed E-state index contributed by atoms with van der Waals surface area (Å²) in [5.41, 5.74) is -5.54. The molecule has 1 N–H and O–H groups in total. The van der Waals surface area contributed by atoms with Crippen LogP contribution in [0.3, 0.4) is 0 Å². The van der Waals surface area contributed by atoms with Crippen molar-refractivity contribution in [2.24, 2.45) is 5.16 Å². The van der Waals surface area contributed by atoms with Gasteiger partial charge in [-0.2, -0.15) is 52.2 Å². The number of carbonyl (C=O) groups is 1. The molecule has 0 unspecified atom stereocenters. The lowest BCUT2D eigenvalue weighted by molar-refractivity contribution is -0.276. The zero-order valence-corrected chi connectivity index (χ0v) is 23.1. The summed E-state index contributed by atoms with van der Waals surface area (Å²) in [5, 5.41) is 5.38. The van der Waals surface area contributed by atoms with Crippen molar-refractivity contribution in [2.45, 2.75) is 43.5 Å². The Bertz CT molecular complexity index is 1550. The summed E-state index contributed by atoms with van der Waals surface area (Å²) < 4.78 is 147. The van der Waals surface area contributed by atoms with Crippen LogP contribution in [0.25, 0.3) is 0 Å². The molecule has 236 valence electrons. The second-order valence-electron chi connectivity index (χ2n) is 9.71. The molecule has 0 aliphatic carbocycles. The number of hydrogen-bond acceptors (Lipinski definition) is 6. The predicted octanol–water partition coefficient (Wildman–Crippen LogP) is 5.49. The second-order valence-corrected chi connectivity index (χ2v) is 11.8. The number of amides is 1. The van der Waals surface area contributed by atoms with Crippen LogP contribution in [-0.4, -0.2) is 62.4 Å². The van der Waals surface area contributed by atoms with Crippen molar-refractivity contribution < 1.29 is 61.7 Å². The van der Waals surface area contributed by atoms with Crippen molar-refractivity contribution in [1.82, 2.24) is 9.62 Å². The molecule has 4 rings (SSSR count). The topological polar surface area (TPSA) is 97.3 Å². The Morgan fingerprint density at radius 3 is 2.30 bits per heavy atom. The van der Waals surface area contributed by atoms with E-state index in [0.717, 1.165) is 0 Å². The number of nitrogens with one attached hydrogen (secondary N) is 1. The summed E-state index contributed by atoms with van der Waals surface area (Å²) in [6.07, 6.45) is -16.1. The molecule has 0 aromatic heterocycles. The lowest BCUT2D eigenvalue weighted by Gasteiger charge is -2.37. The van der Waals surface area contributed by atoms with Gasteiger partial charge in [-0.05, 0) is 48.4 Å². The fourth-order valence-electron chi connectivity index (χ4n) is 4.33. The van der Waals surface area contributed by atoms with Crippen molar-refractivity contribution in [1.29, 1.82) is 0 Å². The molecule has 2 aliphatic rings. The third kappa shape index (κ3) is 7.02. The van der Waals surface area contributed by atoms with E-state index in [-0.39, 0.29) is 41.6 Å². The van der Waals surface area contributed by atoms with E-state index in [4.69, 9.17) is 16.4 Å². The van der Waals surface area contributed by atoms with Gasteiger partial charge in [-0.25, -0.2) is 4.18 Å². The minimum Gasteiger partial charge on any atom is -0.374 e. The van der Waals surface area contributed by atoms with E-state index < -0.39 is 75.6 Å². The summed E-state index contributed by atoms with van der Waals surface area (Å²) in [6.45, 7) is -1.31. The number of benzene rings is 2. The van der Waals surface area contributed by atoms with Crippen LogP contribution in [0.2, 0.25) is 5.02 Å². The molecular weight excluding hydrogens is 649 g/mol. The van der Waals surface area contributed by atoms with Gasteiger partial charge in [0.05, 0.1) is 17.3 Å². The van der Waals surface area contributed by atoms with Gasteiger partial charge in [0.1, 0.15) is 0 Å². The summed E-state index contributed by atoms with van der Waals surface area (Å²) in [6, 6.07) is 4.46. The highest BCUT2D eigenvalue weighted by atomic mass is 35.5. The van der Waals surface area contributed by atoms with Crippen LogP contribution < -0.4 is 5.32 Å². The highest BCUT2D eigenvalue weighted by Crippen LogP contribution is 2.50. The van der Waals surface area contributed by atoms with Crippen LogP contribution in [0.15, 0.2) is 41.6 Å². The highest BCUT2D eigenvalue weighted by Gasteiger charge is 2.62. The SMILES string of the molecule is Cc1cc(C2=NO[C@@](c3cc(Cl)cc(C(F)(F)F)c3)(C(F)(F)F)C2)ccc1C(=O)NC1CN(S(=O)(=O)OCC(F)(F)F)C1. The average Bonchev–Trinajstić information content (AvgIpc) is 3.30. The summed E-state index contributed by atoms with van der Waals surface area (Å²) in [5.74, 6) is -0.713. The number of halogens is 10. The Hall–Kier alpha value is -3.09. The fourth-order valence-corrected chi connectivity index (χ4v) is 5.73. The summed E-state index contributed by atoms with van der Waals surface area (Å²) in [7, 11) is -4.67. The molecule has 1 fully saturated rings. The van der Waals surface area contributed by atoms with E-state index in [0.29, 0.717) is 16.4 Å². The van der Waals surface area contributed by atoms with Gasteiger partial charge >= 0.3 is 28.8 Å². The maximum Gasteiger partial charge on any atom is 0.435 e. The summed E-state index contributed by atoms with van der Waals surface area (Å²) >= 11 is 5.70. The first-order valence-corrected chi connectivity index (χ1v) is 13.7. The minimum absolute atomic E-state index is 0.0321. The third-order valence-corrected chi connectivity index (χ3v) is 8.12. The molecule has 2 heterocycles. The smallest absolute Gasteiger partial charge is 0.374 e. The monoisotopic (exact) mass is 667 g/mol. The molecule has 19 heteroatoms. The van der Waals surface area contributed by atoms with Crippen LogP contribution >= 0.6 is 11.6 Å². The van der Waals surface area contributed by atoms with E-state index in [1.165, 1.54) is 25.1 Å². The van der Waals surface area contributed by atoms with Crippen molar-refractivity contribution in [3.05, 3.63) is 69.2 Å². The molecule has 1 amide bonds. The van der Waals surface area contributed by atoms with E-state index in [1.54, 1.807) is 0 Å². The quantitative estimate of drug-likeness (QED) is 0.394. The van der Waals surface area contributed by atoms with Crippen molar-refractivity contribution in [3.8, 4) is 0 Å². The molecule has 2 aliphatic heterocycles. The number of alkyl halides is 9. The molecule has 0 saturated carbocycles. The lowest BCUT2D eigenvalue weighted by Crippen LogP contribution is -2.61. The Morgan fingerprint density at radius 2 is 1.74 bits per heavy atom. The number of oxime groups is 1. The van der Waals surface area contributed by atoms with E-state index in [9.17, 15) is 52.7 Å². The van der Waals surface area contributed by atoms with Crippen LogP contribution in [0.1, 0.15) is 39.0 Å². The van der Waals surface area contributed by atoms with Gasteiger partial charge in [0.2, 0.25) is 0 Å². The van der Waals surface area contributed by atoms with Gasteiger partial charge in [-0.1, -0.05) is 22.8 Å². The molecule has 8 nitrogen and oxygen atoms in total. The first-order chi connectivity index (χ1) is 19.6. The van der Waals surface area contributed by atoms with Crippen molar-refractivity contribution >= 4 is 33.5 Å².